The van der Waals surface area contributed by atoms with E-state index < -0.39 is 0 Å². The van der Waals surface area contributed by atoms with Crippen LogP contribution in [-0.4, -0.2) is 10.2 Å². The molecule has 3 aromatic carbocycles. The molecule has 0 amide bonds. The molecule has 0 radical (unpaired) electrons. The van der Waals surface area contributed by atoms with E-state index in [1.54, 1.807) is 0 Å². The number of nitrogens with zero attached hydrogens (tertiary/aromatic N) is 2. The summed E-state index contributed by atoms with van der Waals surface area (Å²) in [5.74, 6) is 1.04. The van der Waals surface area contributed by atoms with Crippen LogP contribution >= 0.6 is 15.9 Å². The summed E-state index contributed by atoms with van der Waals surface area (Å²) in [6.45, 7) is 2.06. The van der Waals surface area contributed by atoms with E-state index in [0.29, 0.717) is 11.8 Å². The van der Waals surface area contributed by atoms with Gasteiger partial charge in [0.2, 0.25) is 11.8 Å². The molecule has 0 fully saturated rings. The molecule has 4 nitrogen and oxygen atoms in total. The van der Waals surface area contributed by atoms with Gasteiger partial charge >= 0.3 is 0 Å². The highest BCUT2D eigenvalue weighted by molar-refractivity contribution is 9.10. The highest BCUT2D eigenvalue weighted by Gasteiger charge is 2.21. The Bertz CT molecular complexity index is 1030. The second-order valence-electron chi connectivity index (χ2n) is 6.26. The summed E-state index contributed by atoms with van der Waals surface area (Å²) in [6, 6.07) is 25.8. The van der Waals surface area contributed by atoms with Crippen LogP contribution in [0, 0.1) is 6.92 Å². The van der Waals surface area contributed by atoms with Gasteiger partial charge in [0, 0.05) is 15.7 Å². The lowest BCUT2D eigenvalue weighted by atomic mass is 10.1. The molecule has 0 unspecified atom stereocenters. The van der Waals surface area contributed by atoms with Crippen LogP contribution in [0.3, 0.4) is 0 Å². The standard InChI is InChI=1S/C22H18BrN3O/c1-15-14-18(12-13-19(15)23)24-20(16-8-4-2-5-9-16)22-26-25-21(27-22)17-10-6-3-7-11-17/h2-14,20,24H,1H3/t20-/m1/s1. The average Bonchev–Trinajstić information content (AvgIpc) is 3.20. The van der Waals surface area contributed by atoms with E-state index in [9.17, 15) is 0 Å². The zero-order chi connectivity index (χ0) is 18.6. The maximum atomic E-state index is 6.02. The smallest absolute Gasteiger partial charge is 0.247 e. The lowest BCUT2D eigenvalue weighted by molar-refractivity contribution is 0.494. The van der Waals surface area contributed by atoms with Gasteiger partial charge in [0.05, 0.1) is 0 Å². The number of hydrogen-bond donors (Lipinski definition) is 1. The van der Waals surface area contributed by atoms with Crippen molar-refractivity contribution in [3.8, 4) is 11.5 Å². The van der Waals surface area contributed by atoms with Gasteiger partial charge in [0.25, 0.3) is 0 Å². The van der Waals surface area contributed by atoms with Crippen LogP contribution in [0.25, 0.3) is 11.5 Å². The zero-order valence-corrected chi connectivity index (χ0v) is 16.3. The molecule has 5 heteroatoms. The Labute approximate surface area is 166 Å². The highest BCUT2D eigenvalue weighted by Crippen LogP contribution is 2.29. The quantitative estimate of drug-likeness (QED) is 0.430. The third-order valence-corrected chi connectivity index (χ3v) is 5.20. The van der Waals surface area contributed by atoms with Crippen molar-refractivity contribution in [2.75, 3.05) is 5.32 Å². The number of rotatable bonds is 5. The topological polar surface area (TPSA) is 51.0 Å². The molecule has 134 valence electrons. The Morgan fingerprint density at radius 1 is 0.889 bits per heavy atom. The number of halogens is 1. The Morgan fingerprint density at radius 3 is 2.30 bits per heavy atom. The van der Waals surface area contributed by atoms with Crippen LogP contribution in [0.1, 0.15) is 23.1 Å². The summed E-state index contributed by atoms with van der Waals surface area (Å²) in [5.41, 5.74) is 4.11. The Kier molecular flexibility index (Phi) is 5.03. The van der Waals surface area contributed by atoms with E-state index in [1.165, 1.54) is 0 Å². The lowest BCUT2D eigenvalue weighted by Gasteiger charge is -2.17. The van der Waals surface area contributed by atoms with Gasteiger partial charge in [-0.3, -0.25) is 0 Å². The fourth-order valence-corrected chi connectivity index (χ4v) is 3.13. The Hall–Kier alpha value is -2.92. The Balaban J connectivity index is 1.70. The van der Waals surface area contributed by atoms with Gasteiger partial charge in [-0.2, -0.15) is 0 Å². The van der Waals surface area contributed by atoms with Crippen molar-refractivity contribution in [3.05, 3.63) is 100 Å². The van der Waals surface area contributed by atoms with E-state index in [2.05, 4.69) is 56.6 Å². The second kappa shape index (κ2) is 7.76. The van der Waals surface area contributed by atoms with Gasteiger partial charge in [-0.15, -0.1) is 10.2 Å². The van der Waals surface area contributed by atoms with Gasteiger partial charge < -0.3 is 9.73 Å². The molecular weight excluding hydrogens is 402 g/mol. The number of benzene rings is 3. The van der Waals surface area contributed by atoms with Crippen LogP contribution in [0.5, 0.6) is 0 Å². The molecule has 0 saturated carbocycles. The van der Waals surface area contributed by atoms with Crippen molar-refractivity contribution in [2.45, 2.75) is 13.0 Å². The van der Waals surface area contributed by atoms with Crippen molar-refractivity contribution >= 4 is 21.6 Å². The minimum absolute atomic E-state index is 0.239. The first-order chi connectivity index (χ1) is 13.2. The highest BCUT2D eigenvalue weighted by atomic mass is 79.9. The van der Waals surface area contributed by atoms with E-state index in [1.807, 2.05) is 60.7 Å². The zero-order valence-electron chi connectivity index (χ0n) is 14.8. The fourth-order valence-electron chi connectivity index (χ4n) is 2.88. The van der Waals surface area contributed by atoms with E-state index in [0.717, 1.165) is 26.9 Å². The summed E-state index contributed by atoms with van der Waals surface area (Å²) in [5, 5.41) is 12.1. The number of aryl methyl sites for hydroxylation is 1. The molecule has 0 aliphatic rings. The molecule has 0 spiro atoms. The maximum absolute atomic E-state index is 6.02. The van der Waals surface area contributed by atoms with Crippen LogP contribution in [-0.2, 0) is 0 Å². The number of hydrogen-bond acceptors (Lipinski definition) is 4. The van der Waals surface area contributed by atoms with Crippen molar-refractivity contribution in [1.82, 2.24) is 10.2 Å². The Morgan fingerprint density at radius 2 is 1.59 bits per heavy atom. The molecule has 4 aromatic rings. The minimum atomic E-state index is -0.239. The SMILES string of the molecule is Cc1cc(N[C@H](c2ccccc2)c2nnc(-c3ccccc3)o2)ccc1Br. The van der Waals surface area contributed by atoms with Crippen LogP contribution in [0.4, 0.5) is 5.69 Å². The van der Waals surface area contributed by atoms with Crippen molar-refractivity contribution < 1.29 is 4.42 Å². The van der Waals surface area contributed by atoms with E-state index in [-0.39, 0.29) is 6.04 Å². The van der Waals surface area contributed by atoms with Crippen molar-refractivity contribution in [3.63, 3.8) is 0 Å². The first kappa shape index (κ1) is 17.5. The lowest BCUT2D eigenvalue weighted by Crippen LogP contribution is -2.13. The molecule has 1 atom stereocenters. The molecular formula is C22H18BrN3O. The number of nitrogens with one attached hydrogen (secondary N) is 1. The summed E-state index contributed by atoms with van der Waals surface area (Å²) in [4.78, 5) is 0. The summed E-state index contributed by atoms with van der Waals surface area (Å²) < 4.78 is 7.10. The number of aromatic nitrogens is 2. The first-order valence-corrected chi connectivity index (χ1v) is 9.46. The van der Waals surface area contributed by atoms with Gasteiger partial charge in [-0.1, -0.05) is 64.5 Å². The van der Waals surface area contributed by atoms with Gasteiger partial charge in [-0.05, 0) is 48.4 Å². The molecule has 0 saturated heterocycles. The summed E-state index contributed by atoms with van der Waals surface area (Å²) in [7, 11) is 0. The van der Waals surface area contributed by atoms with Gasteiger partial charge in [0.1, 0.15) is 6.04 Å². The summed E-state index contributed by atoms with van der Waals surface area (Å²) in [6.07, 6.45) is 0. The van der Waals surface area contributed by atoms with Crippen LogP contribution in [0.15, 0.2) is 87.8 Å². The third-order valence-electron chi connectivity index (χ3n) is 4.31. The van der Waals surface area contributed by atoms with Crippen molar-refractivity contribution in [2.24, 2.45) is 0 Å². The summed E-state index contributed by atoms with van der Waals surface area (Å²) >= 11 is 3.55. The molecule has 1 heterocycles. The molecule has 1 aromatic heterocycles. The molecule has 0 aliphatic carbocycles. The largest absolute Gasteiger partial charge is 0.418 e. The number of anilines is 1. The first-order valence-electron chi connectivity index (χ1n) is 8.67. The second-order valence-corrected chi connectivity index (χ2v) is 7.12. The predicted molar refractivity (Wildman–Crippen MR) is 111 cm³/mol. The van der Waals surface area contributed by atoms with Gasteiger partial charge in [0.15, 0.2) is 0 Å². The monoisotopic (exact) mass is 419 g/mol. The van der Waals surface area contributed by atoms with E-state index >= 15 is 0 Å². The minimum Gasteiger partial charge on any atom is -0.418 e. The molecule has 0 bridgehead atoms. The third kappa shape index (κ3) is 3.93. The molecule has 1 N–H and O–H groups in total. The molecule has 27 heavy (non-hydrogen) atoms. The van der Waals surface area contributed by atoms with Crippen LogP contribution < -0.4 is 5.32 Å². The average molecular weight is 420 g/mol. The fraction of sp³-hybridized carbons (Fsp3) is 0.0909. The normalized spacial score (nSPS) is 11.9. The molecule has 4 rings (SSSR count). The maximum Gasteiger partial charge on any atom is 0.247 e. The van der Waals surface area contributed by atoms with Crippen LogP contribution in [0.2, 0.25) is 0 Å². The van der Waals surface area contributed by atoms with Crippen molar-refractivity contribution in [1.29, 1.82) is 0 Å². The predicted octanol–water partition coefficient (Wildman–Crippen LogP) is 6.01. The van der Waals surface area contributed by atoms with E-state index in [4.69, 9.17) is 4.42 Å². The molecule has 0 aliphatic heterocycles. The van der Waals surface area contributed by atoms with Gasteiger partial charge in [-0.25, -0.2) is 0 Å².